The van der Waals surface area contributed by atoms with E-state index in [0.717, 1.165) is 17.1 Å². The van der Waals surface area contributed by atoms with E-state index >= 15 is 0 Å². The zero-order chi connectivity index (χ0) is 16.4. The van der Waals surface area contributed by atoms with Gasteiger partial charge in [0.1, 0.15) is 17.2 Å². The molecule has 117 valence electrons. The first-order chi connectivity index (χ1) is 11.8. The summed E-state index contributed by atoms with van der Waals surface area (Å²) in [7, 11) is 1.28. The minimum Gasteiger partial charge on any atom is -0.526 e. The van der Waals surface area contributed by atoms with Crippen LogP contribution >= 0.6 is 0 Å². The summed E-state index contributed by atoms with van der Waals surface area (Å²) < 4.78 is 17.0. The zero-order valence-electron chi connectivity index (χ0n) is 12.7. The molecule has 0 unspecified atom stereocenters. The molecule has 0 amide bonds. The van der Waals surface area contributed by atoms with Gasteiger partial charge in [-0.1, -0.05) is 18.2 Å². The van der Waals surface area contributed by atoms with Crippen molar-refractivity contribution in [2.45, 2.75) is 0 Å². The molecule has 1 aliphatic heterocycles. The fourth-order valence-electron chi connectivity index (χ4n) is 2.41. The molecule has 0 atom stereocenters. The predicted molar refractivity (Wildman–Crippen MR) is 94.1 cm³/mol. The maximum Gasteiger partial charge on any atom is 0.658 e. The highest BCUT2D eigenvalue weighted by atomic mass is 16.6. The lowest BCUT2D eigenvalue weighted by Crippen LogP contribution is -2.13. The molecule has 0 aromatic heterocycles. The average molecular weight is 317 g/mol. The van der Waals surface area contributed by atoms with Crippen molar-refractivity contribution in [3.8, 4) is 23.0 Å². The molecule has 0 spiro atoms. The van der Waals surface area contributed by atoms with E-state index in [9.17, 15) is 0 Å². The van der Waals surface area contributed by atoms with E-state index in [-0.39, 0.29) is 0 Å². The van der Waals surface area contributed by atoms with Crippen LogP contribution in [0, 0.1) is 0 Å². The minimum absolute atomic E-state index is 0.609. The Morgan fingerprint density at radius 2 is 1.62 bits per heavy atom. The summed E-state index contributed by atoms with van der Waals surface area (Å²) >= 11 is 0. The number of hydrogen-bond donors (Lipinski definition) is 2. The summed E-state index contributed by atoms with van der Waals surface area (Å²) in [6.07, 6.45) is 0. The van der Waals surface area contributed by atoms with Gasteiger partial charge in [-0.25, -0.2) is 0 Å². The number of nitrogens with two attached hydrogens (primary N) is 1. The number of nitrogens with one attached hydrogen (secondary N) is 1. The van der Waals surface area contributed by atoms with Crippen LogP contribution < -0.4 is 25.1 Å². The van der Waals surface area contributed by atoms with Crippen molar-refractivity contribution in [2.75, 3.05) is 11.1 Å². The molecule has 24 heavy (non-hydrogen) atoms. The Balaban J connectivity index is 1.48. The van der Waals surface area contributed by atoms with Gasteiger partial charge in [0, 0.05) is 5.69 Å². The van der Waals surface area contributed by atoms with E-state index in [4.69, 9.17) is 19.8 Å². The van der Waals surface area contributed by atoms with Crippen LogP contribution in [0.3, 0.4) is 0 Å². The Labute approximate surface area is 140 Å². The molecule has 3 aromatic rings. The molecule has 0 saturated heterocycles. The fraction of sp³-hybridized carbons (Fsp3) is 0. The number of anilines is 3. The highest BCUT2D eigenvalue weighted by Gasteiger charge is 2.20. The number of fused-ring (bicyclic) bond motifs is 2. The Kier molecular flexibility index (Phi) is 3.63. The van der Waals surface area contributed by atoms with Crippen molar-refractivity contribution in [1.82, 2.24) is 0 Å². The number of benzene rings is 3. The topological polar surface area (TPSA) is 65.7 Å². The second-order valence-electron chi connectivity index (χ2n) is 5.25. The third kappa shape index (κ3) is 2.81. The zero-order valence-corrected chi connectivity index (χ0v) is 12.7. The van der Waals surface area contributed by atoms with Crippen molar-refractivity contribution in [1.29, 1.82) is 0 Å². The molecule has 5 nitrogen and oxygen atoms in total. The molecule has 6 heteroatoms. The van der Waals surface area contributed by atoms with Gasteiger partial charge in [0.15, 0.2) is 11.5 Å². The maximum absolute atomic E-state index is 5.88. The maximum atomic E-state index is 5.88. The van der Waals surface area contributed by atoms with Crippen LogP contribution in [0.4, 0.5) is 17.1 Å². The number of para-hydroxylation sites is 3. The third-order valence-corrected chi connectivity index (χ3v) is 3.59. The molecule has 0 saturated carbocycles. The highest BCUT2D eigenvalue weighted by molar-refractivity contribution is 6.21. The molecule has 4 rings (SSSR count). The van der Waals surface area contributed by atoms with Crippen molar-refractivity contribution in [3.05, 3.63) is 66.7 Å². The van der Waals surface area contributed by atoms with Crippen molar-refractivity contribution >= 4 is 24.7 Å². The predicted octanol–water partition coefficient (Wildman–Crippen LogP) is 4.11. The first-order valence-corrected chi connectivity index (χ1v) is 7.47. The fourth-order valence-corrected chi connectivity index (χ4v) is 2.41. The van der Waals surface area contributed by atoms with Crippen LogP contribution in [0.15, 0.2) is 66.7 Å². The lowest BCUT2D eigenvalue weighted by atomic mass is 10.2. The van der Waals surface area contributed by atoms with Gasteiger partial charge in [-0.2, -0.15) is 0 Å². The summed E-state index contributed by atoms with van der Waals surface area (Å²) in [4.78, 5) is 0. The third-order valence-electron chi connectivity index (χ3n) is 3.59. The van der Waals surface area contributed by atoms with Crippen molar-refractivity contribution in [2.24, 2.45) is 0 Å². The van der Waals surface area contributed by atoms with Gasteiger partial charge in [0.25, 0.3) is 0 Å². The molecular formula is C18H14BN2O3. The normalized spacial score (nSPS) is 11.3. The summed E-state index contributed by atoms with van der Waals surface area (Å²) in [5.74, 6) is 2.73. The van der Waals surface area contributed by atoms with Crippen LogP contribution in [-0.2, 0) is 0 Å². The van der Waals surface area contributed by atoms with Gasteiger partial charge >= 0.3 is 7.69 Å². The van der Waals surface area contributed by atoms with E-state index in [2.05, 4.69) is 5.32 Å². The molecule has 0 fully saturated rings. The largest absolute Gasteiger partial charge is 0.658 e. The van der Waals surface area contributed by atoms with Gasteiger partial charge in [-0.05, 0) is 48.5 Å². The van der Waals surface area contributed by atoms with Crippen LogP contribution in [0.1, 0.15) is 0 Å². The minimum atomic E-state index is 0.609. The van der Waals surface area contributed by atoms with Crippen LogP contribution in [0.2, 0.25) is 0 Å². The Bertz CT molecular complexity index is 868. The summed E-state index contributed by atoms with van der Waals surface area (Å²) in [6.45, 7) is 0. The first-order valence-electron chi connectivity index (χ1n) is 7.47. The van der Waals surface area contributed by atoms with E-state index in [1.54, 1.807) is 24.3 Å². The Morgan fingerprint density at radius 3 is 2.50 bits per heavy atom. The van der Waals surface area contributed by atoms with Gasteiger partial charge in [-0.15, -0.1) is 0 Å². The van der Waals surface area contributed by atoms with E-state index < -0.39 is 0 Å². The highest BCUT2D eigenvalue weighted by Crippen LogP contribution is 2.45. The summed E-state index contributed by atoms with van der Waals surface area (Å²) in [5, 5.41) is 3.32. The molecule has 1 aliphatic rings. The molecule has 1 heterocycles. The van der Waals surface area contributed by atoms with Crippen LogP contribution in [-0.4, -0.2) is 7.69 Å². The number of rotatable bonds is 4. The SMILES string of the molecule is Nc1ccc(O[B]Oc2cccc3c2Nc2ccccc2O3)cc1. The second-order valence-corrected chi connectivity index (χ2v) is 5.25. The van der Waals surface area contributed by atoms with Crippen molar-refractivity contribution in [3.63, 3.8) is 0 Å². The standard InChI is InChI=1S/C18H14BN2O3/c20-12-8-10-13(11-9-12)23-19-24-17-7-3-6-16-18(17)21-14-4-1-2-5-15(14)22-16/h1-11,21H,20H2. The van der Waals surface area contributed by atoms with E-state index in [1.165, 1.54) is 7.69 Å². The Hall–Kier alpha value is -3.28. The molecule has 0 aliphatic carbocycles. The first kappa shape index (κ1) is 14.3. The van der Waals surface area contributed by atoms with Crippen LogP contribution in [0.5, 0.6) is 23.0 Å². The molecule has 1 radical (unpaired) electrons. The van der Waals surface area contributed by atoms with E-state index in [0.29, 0.717) is 22.9 Å². The number of hydrogen-bond acceptors (Lipinski definition) is 5. The second kappa shape index (κ2) is 6.08. The van der Waals surface area contributed by atoms with E-state index in [1.807, 2.05) is 42.5 Å². The summed E-state index contributed by atoms with van der Waals surface area (Å²) in [6, 6.07) is 20.4. The summed E-state index contributed by atoms with van der Waals surface area (Å²) in [5.41, 5.74) is 7.97. The lowest BCUT2D eigenvalue weighted by Gasteiger charge is -2.23. The molecular weight excluding hydrogens is 303 g/mol. The molecule has 3 N–H and O–H groups in total. The number of nitrogen functional groups attached to an aromatic ring is 1. The van der Waals surface area contributed by atoms with Gasteiger partial charge in [0.05, 0.1) is 5.69 Å². The van der Waals surface area contributed by atoms with Gasteiger partial charge in [0.2, 0.25) is 0 Å². The smallest absolute Gasteiger partial charge is 0.526 e. The lowest BCUT2D eigenvalue weighted by molar-refractivity contribution is 0.451. The van der Waals surface area contributed by atoms with Gasteiger partial charge < -0.3 is 25.1 Å². The number of ether oxygens (including phenoxy) is 1. The van der Waals surface area contributed by atoms with Crippen LogP contribution in [0.25, 0.3) is 0 Å². The van der Waals surface area contributed by atoms with Crippen molar-refractivity contribution < 1.29 is 14.0 Å². The molecule has 0 bridgehead atoms. The Morgan fingerprint density at radius 1 is 0.833 bits per heavy atom. The van der Waals surface area contributed by atoms with Gasteiger partial charge in [-0.3, -0.25) is 0 Å². The quantitative estimate of drug-likeness (QED) is 0.438. The monoisotopic (exact) mass is 317 g/mol. The average Bonchev–Trinajstić information content (AvgIpc) is 2.62. The molecule has 3 aromatic carbocycles.